The molecular formula is C22H20BrCl2N5O3. The molecule has 0 aliphatic carbocycles. The first-order valence-electron chi connectivity index (χ1n) is 9.65. The summed E-state index contributed by atoms with van der Waals surface area (Å²) in [6, 6.07) is 9.40. The van der Waals surface area contributed by atoms with E-state index in [4.69, 9.17) is 9.47 Å². The van der Waals surface area contributed by atoms with E-state index >= 15 is 0 Å². The number of hydrogen-bond donors (Lipinski definition) is 1. The molecule has 1 aliphatic rings. The summed E-state index contributed by atoms with van der Waals surface area (Å²) < 4.78 is 14.3. The van der Waals surface area contributed by atoms with Gasteiger partial charge in [0.2, 0.25) is 5.91 Å². The molecule has 11 heteroatoms. The van der Waals surface area contributed by atoms with E-state index in [1.165, 1.54) is 6.33 Å². The number of nitrogens with zero attached hydrogens (tertiary/aromatic N) is 4. The Morgan fingerprint density at radius 1 is 1.15 bits per heavy atom. The van der Waals surface area contributed by atoms with E-state index in [-0.39, 0.29) is 30.7 Å². The average molecular weight is 553 g/mol. The van der Waals surface area contributed by atoms with Crippen LogP contribution in [0.1, 0.15) is 17.2 Å². The van der Waals surface area contributed by atoms with Crippen LogP contribution < -0.4 is 14.8 Å². The van der Waals surface area contributed by atoms with E-state index in [9.17, 15) is 4.79 Å². The Morgan fingerprint density at radius 2 is 2.00 bits per heavy atom. The van der Waals surface area contributed by atoms with Crippen LogP contribution in [0.5, 0.6) is 11.5 Å². The van der Waals surface area contributed by atoms with Crippen LogP contribution in [0, 0.1) is 0 Å². The van der Waals surface area contributed by atoms with Crippen LogP contribution >= 0.6 is 40.7 Å². The number of halogens is 3. The number of aromatic nitrogens is 4. The predicted octanol–water partition coefficient (Wildman–Crippen LogP) is 4.60. The number of methoxy groups -OCH3 is 1. The van der Waals surface area contributed by atoms with Gasteiger partial charge in [0.25, 0.3) is 0 Å². The number of benzene rings is 2. The zero-order valence-corrected chi connectivity index (χ0v) is 20.6. The molecule has 1 atom stereocenters. The first kappa shape index (κ1) is 24.8. The molecule has 0 fully saturated rings. The Morgan fingerprint density at radius 3 is 2.76 bits per heavy atom. The lowest BCUT2D eigenvalue weighted by molar-refractivity contribution is -0.116. The molecule has 1 unspecified atom stereocenters. The molecule has 1 amide bonds. The van der Waals surface area contributed by atoms with E-state index in [2.05, 4.69) is 36.2 Å². The van der Waals surface area contributed by atoms with Gasteiger partial charge in [0.1, 0.15) is 18.9 Å². The fourth-order valence-corrected chi connectivity index (χ4v) is 4.13. The minimum Gasteiger partial charge on any atom is -0.493 e. The van der Waals surface area contributed by atoms with Gasteiger partial charge >= 0.3 is 0 Å². The van der Waals surface area contributed by atoms with Crippen molar-refractivity contribution >= 4 is 63.2 Å². The molecule has 5 rings (SSSR count). The molecule has 0 saturated heterocycles. The Labute approximate surface area is 210 Å². The van der Waals surface area contributed by atoms with Crippen molar-refractivity contribution in [3.05, 3.63) is 71.1 Å². The van der Waals surface area contributed by atoms with E-state index in [0.717, 1.165) is 21.1 Å². The summed E-state index contributed by atoms with van der Waals surface area (Å²) in [5, 5.41) is 3.69. The number of ether oxygens (including phenoxy) is 2. The van der Waals surface area contributed by atoms with Crippen LogP contribution in [0.3, 0.4) is 0 Å². The number of hydrogen-bond acceptors (Lipinski definition) is 6. The van der Waals surface area contributed by atoms with Crippen LogP contribution in [0.25, 0.3) is 10.9 Å². The van der Waals surface area contributed by atoms with Crippen molar-refractivity contribution in [1.82, 2.24) is 19.5 Å². The van der Waals surface area contributed by atoms with Gasteiger partial charge in [0.15, 0.2) is 11.5 Å². The summed E-state index contributed by atoms with van der Waals surface area (Å²) in [7, 11) is 1.59. The predicted molar refractivity (Wildman–Crippen MR) is 133 cm³/mol. The number of carbonyl (C=O) groups excluding carboxylic acids is 1. The third-order valence-corrected chi connectivity index (χ3v) is 5.73. The number of anilines is 1. The summed E-state index contributed by atoms with van der Waals surface area (Å²) >= 11 is 3.45. The summed E-state index contributed by atoms with van der Waals surface area (Å²) in [6.45, 7) is 1.11. The molecule has 0 spiro atoms. The van der Waals surface area contributed by atoms with E-state index in [0.29, 0.717) is 35.9 Å². The molecular weight excluding hydrogens is 533 g/mol. The molecule has 0 radical (unpaired) electrons. The van der Waals surface area contributed by atoms with Crippen LogP contribution in [0.4, 0.5) is 5.69 Å². The lowest BCUT2D eigenvalue weighted by Gasteiger charge is -2.15. The number of carbonyl (C=O) groups is 1. The summed E-state index contributed by atoms with van der Waals surface area (Å²) in [5.74, 6) is 0.502. The van der Waals surface area contributed by atoms with Gasteiger partial charge < -0.3 is 19.4 Å². The molecule has 2 aromatic carbocycles. The SMILES string of the molecule is COc1cc2c(C3C(=O)Nc4cc(Br)ccc43)ncnc2cc1OCCn1ccnc1.Cl.Cl. The van der Waals surface area contributed by atoms with Gasteiger partial charge in [-0.2, -0.15) is 0 Å². The highest BCUT2D eigenvalue weighted by molar-refractivity contribution is 9.10. The second-order valence-electron chi connectivity index (χ2n) is 7.08. The van der Waals surface area contributed by atoms with Crippen LogP contribution in [0.15, 0.2) is 59.9 Å². The smallest absolute Gasteiger partial charge is 0.238 e. The Bertz CT molecular complexity index is 1290. The Balaban J connectivity index is 0.00000153. The molecule has 0 saturated carbocycles. The van der Waals surface area contributed by atoms with Gasteiger partial charge in [0.05, 0.1) is 31.2 Å². The fourth-order valence-electron chi connectivity index (χ4n) is 3.77. The maximum Gasteiger partial charge on any atom is 0.238 e. The molecule has 0 bridgehead atoms. The number of rotatable bonds is 6. The maximum atomic E-state index is 12.8. The molecule has 8 nitrogen and oxygen atoms in total. The van der Waals surface area contributed by atoms with Crippen molar-refractivity contribution in [2.75, 3.05) is 19.0 Å². The summed E-state index contributed by atoms with van der Waals surface area (Å²) in [5.41, 5.74) is 2.98. The van der Waals surface area contributed by atoms with Crippen molar-refractivity contribution < 1.29 is 14.3 Å². The lowest BCUT2D eigenvalue weighted by Crippen LogP contribution is -2.15. The minimum absolute atomic E-state index is 0. The summed E-state index contributed by atoms with van der Waals surface area (Å²) in [6.07, 6.45) is 6.82. The normalized spacial score (nSPS) is 14.1. The van der Waals surface area contributed by atoms with Crippen LogP contribution in [-0.2, 0) is 11.3 Å². The van der Waals surface area contributed by atoms with Crippen molar-refractivity contribution in [3.63, 3.8) is 0 Å². The highest BCUT2D eigenvalue weighted by Gasteiger charge is 2.34. The Kier molecular flexibility index (Phi) is 7.78. The maximum absolute atomic E-state index is 12.8. The number of imidazole rings is 1. The van der Waals surface area contributed by atoms with Gasteiger partial charge in [-0.1, -0.05) is 22.0 Å². The van der Waals surface area contributed by atoms with Gasteiger partial charge in [0, 0.05) is 34.0 Å². The molecule has 1 N–H and O–H groups in total. The average Bonchev–Trinajstić information content (AvgIpc) is 3.39. The molecule has 2 aromatic heterocycles. The van der Waals surface area contributed by atoms with Gasteiger partial charge in [-0.05, 0) is 23.8 Å². The topological polar surface area (TPSA) is 91.2 Å². The molecule has 172 valence electrons. The number of fused-ring (bicyclic) bond motifs is 2. The first-order valence-corrected chi connectivity index (χ1v) is 10.4. The zero-order valence-electron chi connectivity index (χ0n) is 17.4. The molecule has 3 heterocycles. The fraction of sp³-hybridized carbons (Fsp3) is 0.182. The van der Waals surface area contributed by atoms with Gasteiger partial charge in [-0.25, -0.2) is 15.0 Å². The van der Waals surface area contributed by atoms with E-state index in [1.807, 2.05) is 41.1 Å². The Hall–Kier alpha value is -2.88. The standard InChI is InChI=1S/C22H18BrN5O3.2ClH/c1-30-18-9-15-16(10-19(18)31-7-6-28-5-4-24-12-28)25-11-26-21(15)20-14-3-2-13(23)8-17(14)27-22(20)29;;/h2-5,8-12,20H,6-7H2,1H3,(H,27,29);2*1H. The van der Waals surface area contributed by atoms with E-state index < -0.39 is 5.92 Å². The van der Waals surface area contributed by atoms with Crippen LogP contribution in [0.2, 0.25) is 0 Å². The van der Waals surface area contributed by atoms with Gasteiger partial charge in [-0.3, -0.25) is 4.79 Å². The third kappa shape index (κ3) is 4.75. The van der Waals surface area contributed by atoms with Crippen molar-refractivity contribution in [3.8, 4) is 11.5 Å². The third-order valence-electron chi connectivity index (χ3n) is 5.24. The molecule has 33 heavy (non-hydrogen) atoms. The van der Waals surface area contributed by atoms with Crippen molar-refractivity contribution in [1.29, 1.82) is 0 Å². The quantitative estimate of drug-likeness (QED) is 0.376. The first-order chi connectivity index (χ1) is 15.1. The highest BCUT2D eigenvalue weighted by atomic mass is 79.9. The van der Waals surface area contributed by atoms with Crippen molar-refractivity contribution in [2.45, 2.75) is 12.5 Å². The molecule has 1 aliphatic heterocycles. The number of nitrogens with one attached hydrogen (secondary N) is 1. The highest BCUT2D eigenvalue weighted by Crippen LogP contribution is 2.41. The lowest BCUT2D eigenvalue weighted by atomic mass is 9.94. The minimum atomic E-state index is -0.522. The van der Waals surface area contributed by atoms with E-state index in [1.54, 1.807) is 19.6 Å². The summed E-state index contributed by atoms with van der Waals surface area (Å²) in [4.78, 5) is 25.7. The van der Waals surface area contributed by atoms with Crippen molar-refractivity contribution in [2.24, 2.45) is 0 Å². The zero-order chi connectivity index (χ0) is 21.4. The second-order valence-corrected chi connectivity index (χ2v) is 8.00. The largest absolute Gasteiger partial charge is 0.493 e. The van der Waals surface area contributed by atoms with Gasteiger partial charge in [-0.15, -0.1) is 24.8 Å². The monoisotopic (exact) mass is 551 g/mol. The molecule has 4 aromatic rings. The van der Waals surface area contributed by atoms with Crippen LogP contribution in [-0.4, -0.2) is 39.1 Å². The second kappa shape index (κ2) is 10.4. The number of amides is 1.